The second-order valence-corrected chi connectivity index (χ2v) is 5.65. The van der Waals surface area contributed by atoms with Gasteiger partial charge in [-0.3, -0.25) is 10.1 Å². The van der Waals surface area contributed by atoms with Crippen LogP contribution in [-0.2, 0) is 6.18 Å². The summed E-state index contributed by atoms with van der Waals surface area (Å²) in [5.74, 6) is 0. The molecule has 0 atom stereocenters. The number of nitro benzene ring substituents is 1. The summed E-state index contributed by atoms with van der Waals surface area (Å²) in [4.78, 5) is 12.0. The Hall–Kier alpha value is -1.35. The monoisotopic (exact) mass is 338 g/mol. The molecule has 1 rings (SSSR count). The number of nitrogens with zero attached hydrogens (tertiary/aromatic N) is 2. The Morgan fingerprint density at radius 2 is 1.95 bits per heavy atom. The van der Waals surface area contributed by atoms with Crippen LogP contribution in [0.2, 0.25) is 0 Å². The van der Waals surface area contributed by atoms with Gasteiger partial charge < -0.3 is 4.90 Å². The Bertz CT molecular complexity index is 546. The lowest BCUT2D eigenvalue weighted by atomic mass is 10.2. The maximum absolute atomic E-state index is 12.6. The molecule has 9 heteroatoms. The van der Waals surface area contributed by atoms with E-state index in [-0.39, 0.29) is 4.90 Å². The van der Waals surface area contributed by atoms with E-state index in [0.717, 1.165) is 23.9 Å². The lowest BCUT2D eigenvalue weighted by Crippen LogP contribution is -2.26. The van der Waals surface area contributed by atoms with Crippen molar-refractivity contribution in [3.05, 3.63) is 33.9 Å². The van der Waals surface area contributed by atoms with Gasteiger partial charge in [0.15, 0.2) is 0 Å². The van der Waals surface area contributed by atoms with Crippen LogP contribution in [0.3, 0.4) is 0 Å². The molecule has 0 aromatic heterocycles. The van der Waals surface area contributed by atoms with Gasteiger partial charge in [-0.05, 0) is 26.0 Å². The first-order valence-corrected chi connectivity index (χ1v) is 7.25. The van der Waals surface area contributed by atoms with Crippen molar-refractivity contribution in [1.29, 1.82) is 0 Å². The zero-order chi connectivity index (χ0) is 16.2. The standard InChI is InChI=1S/C12H13F3N2O2S2/c1-3-16(4-2)11(20)21-10-6-5-8(12(13,14)15)7-9(10)17(18)19/h5-7H,3-4H2,1-2H3. The highest BCUT2D eigenvalue weighted by Gasteiger charge is 2.33. The molecule has 0 N–H and O–H groups in total. The quantitative estimate of drug-likeness (QED) is 0.354. The van der Waals surface area contributed by atoms with Gasteiger partial charge in [0.1, 0.15) is 4.32 Å². The summed E-state index contributed by atoms with van der Waals surface area (Å²) < 4.78 is 38.2. The Balaban J connectivity index is 3.13. The number of hydrogen-bond acceptors (Lipinski definition) is 4. The van der Waals surface area contributed by atoms with Crippen molar-refractivity contribution in [2.75, 3.05) is 13.1 Å². The van der Waals surface area contributed by atoms with E-state index in [1.54, 1.807) is 4.90 Å². The maximum Gasteiger partial charge on any atom is 0.416 e. The van der Waals surface area contributed by atoms with Gasteiger partial charge in [-0.1, -0.05) is 24.0 Å². The molecule has 0 aliphatic carbocycles. The van der Waals surface area contributed by atoms with Crippen molar-refractivity contribution in [2.24, 2.45) is 0 Å². The van der Waals surface area contributed by atoms with Gasteiger partial charge in [-0.2, -0.15) is 13.2 Å². The molecule has 1 aromatic carbocycles. The first kappa shape index (κ1) is 17.7. The third-order valence-corrected chi connectivity index (χ3v) is 4.21. The Morgan fingerprint density at radius 3 is 2.38 bits per heavy atom. The molecule has 0 aliphatic heterocycles. The van der Waals surface area contributed by atoms with Gasteiger partial charge in [-0.15, -0.1) is 0 Å². The average molecular weight is 338 g/mol. The van der Waals surface area contributed by atoms with Crippen molar-refractivity contribution in [2.45, 2.75) is 24.9 Å². The molecule has 0 amide bonds. The number of halogens is 3. The van der Waals surface area contributed by atoms with Crippen LogP contribution in [-0.4, -0.2) is 27.2 Å². The van der Waals surface area contributed by atoms with Gasteiger partial charge in [0, 0.05) is 19.2 Å². The molecule has 0 fully saturated rings. The molecule has 1 aromatic rings. The van der Waals surface area contributed by atoms with Crippen LogP contribution < -0.4 is 0 Å². The summed E-state index contributed by atoms with van der Waals surface area (Å²) >= 11 is 6.08. The molecule has 0 aliphatic rings. The molecule has 0 saturated carbocycles. The molecule has 21 heavy (non-hydrogen) atoms. The maximum atomic E-state index is 12.6. The van der Waals surface area contributed by atoms with Crippen LogP contribution >= 0.6 is 24.0 Å². The minimum absolute atomic E-state index is 0.102. The lowest BCUT2D eigenvalue weighted by molar-refractivity contribution is -0.388. The summed E-state index contributed by atoms with van der Waals surface area (Å²) in [6.45, 7) is 4.99. The van der Waals surface area contributed by atoms with Gasteiger partial charge in [0.25, 0.3) is 5.69 Å². The van der Waals surface area contributed by atoms with E-state index in [9.17, 15) is 23.3 Å². The van der Waals surface area contributed by atoms with Crippen molar-refractivity contribution in [3.8, 4) is 0 Å². The Kier molecular flexibility index (Phi) is 5.97. The van der Waals surface area contributed by atoms with Gasteiger partial charge in [-0.25, -0.2) is 0 Å². The molecule has 0 bridgehead atoms. The van der Waals surface area contributed by atoms with E-state index in [4.69, 9.17) is 12.2 Å². The third kappa shape index (κ3) is 4.57. The highest BCUT2D eigenvalue weighted by molar-refractivity contribution is 8.23. The van der Waals surface area contributed by atoms with Crippen molar-refractivity contribution < 1.29 is 18.1 Å². The smallest absolute Gasteiger partial charge is 0.358 e. The van der Waals surface area contributed by atoms with Crippen LogP contribution in [0.5, 0.6) is 0 Å². The molecular formula is C12H13F3N2O2S2. The van der Waals surface area contributed by atoms with Gasteiger partial charge in [0.2, 0.25) is 0 Å². The third-order valence-electron chi connectivity index (χ3n) is 2.70. The second-order valence-electron chi connectivity index (χ2n) is 3.98. The lowest BCUT2D eigenvalue weighted by Gasteiger charge is -2.20. The van der Waals surface area contributed by atoms with Crippen molar-refractivity contribution >= 4 is 34.0 Å². The largest absolute Gasteiger partial charge is 0.416 e. The summed E-state index contributed by atoms with van der Waals surface area (Å²) in [6, 6.07) is 2.44. The van der Waals surface area contributed by atoms with Gasteiger partial charge >= 0.3 is 6.18 Å². The number of benzene rings is 1. The fourth-order valence-electron chi connectivity index (χ4n) is 1.56. The van der Waals surface area contributed by atoms with Crippen molar-refractivity contribution in [3.63, 3.8) is 0 Å². The number of hydrogen-bond donors (Lipinski definition) is 0. The minimum atomic E-state index is -4.62. The van der Waals surface area contributed by atoms with Crippen LogP contribution in [0.25, 0.3) is 0 Å². The molecule has 116 valence electrons. The molecule has 0 heterocycles. The van der Waals surface area contributed by atoms with E-state index in [0.29, 0.717) is 23.5 Å². The van der Waals surface area contributed by atoms with Crippen LogP contribution in [0, 0.1) is 10.1 Å². The fraction of sp³-hybridized carbons (Fsp3) is 0.417. The minimum Gasteiger partial charge on any atom is -0.358 e. The number of thioether (sulfide) groups is 1. The van der Waals surface area contributed by atoms with E-state index in [1.165, 1.54) is 0 Å². The second kappa shape index (κ2) is 7.08. The molecule has 0 radical (unpaired) electrons. The summed E-state index contributed by atoms with van der Waals surface area (Å²) in [6.07, 6.45) is -4.62. The zero-order valence-electron chi connectivity index (χ0n) is 11.3. The normalized spacial score (nSPS) is 11.3. The molecule has 0 unspecified atom stereocenters. The zero-order valence-corrected chi connectivity index (χ0v) is 12.9. The van der Waals surface area contributed by atoms with Crippen LogP contribution in [0.4, 0.5) is 18.9 Å². The highest BCUT2D eigenvalue weighted by atomic mass is 32.2. The van der Waals surface area contributed by atoms with Crippen LogP contribution in [0.1, 0.15) is 19.4 Å². The number of nitro groups is 1. The Morgan fingerprint density at radius 1 is 1.38 bits per heavy atom. The molecular weight excluding hydrogens is 325 g/mol. The molecule has 4 nitrogen and oxygen atoms in total. The SMILES string of the molecule is CCN(CC)C(=S)Sc1ccc(C(F)(F)F)cc1[N+](=O)[O-]. The molecule has 0 saturated heterocycles. The van der Waals surface area contributed by atoms with E-state index in [1.807, 2.05) is 13.8 Å². The summed E-state index contributed by atoms with van der Waals surface area (Å²) in [5.41, 5.74) is -1.64. The highest BCUT2D eigenvalue weighted by Crippen LogP contribution is 2.37. The number of alkyl halides is 3. The van der Waals surface area contributed by atoms with Crippen molar-refractivity contribution in [1.82, 2.24) is 4.90 Å². The fourth-order valence-corrected chi connectivity index (χ4v) is 3.04. The summed E-state index contributed by atoms with van der Waals surface area (Å²) in [7, 11) is 0. The van der Waals surface area contributed by atoms with E-state index >= 15 is 0 Å². The first-order chi connectivity index (χ1) is 9.70. The molecule has 0 spiro atoms. The van der Waals surface area contributed by atoms with E-state index in [2.05, 4.69) is 0 Å². The number of thiocarbonyl (C=S) groups is 1. The summed E-state index contributed by atoms with van der Waals surface area (Å²) in [5, 5.41) is 11.0. The van der Waals surface area contributed by atoms with Crippen LogP contribution in [0.15, 0.2) is 23.1 Å². The topological polar surface area (TPSA) is 46.4 Å². The predicted octanol–water partition coefficient (Wildman–Crippen LogP) is 4.33. The Labute approximate surface area is 129 Å². The number of rotatable bonds is 4. The van der Waals surface area contributed by atoms with E-state index < -0.39 is 22.4 Å². The predicted molar refractivity (Wildman–Crippen MR) is 79.5 cm³/mol. The average Bonchev–Trinajstić information content (AvgIpc) is 2.38. The van der Waals surface area contributed by atoms with Gasteiger partial charge in [0.05, 0.1) is 15.4 Å². The first-order valence-electron chi connectivity index (χ1n) is 6.03.